The molecule has 196 valence electrons. The van der Waals surface area contributed by atoms with Crippen molar-refractivity contribution in [1.29, 1.82) is 5.26 Å². The Morgan fingerprint density at radius 2 is 1.67 bits per heavy atom. The Morgan fingerprint density at radius 3 is 2.31 bits per heavy atom. The first-order valence-electron chi connectivity index (χ1n) is 12.6. The van der Waals surface area contributed by atoms with Crippen molar-refractivity contribution in [2.75, 3.05) is 37.7 Å². The summed E-state index contributed by atoms with van der Waals surface area (Å²) >= 11 is 0. The number of nitriles is 1. The smallest absolute Gasteiger partial charge is 0.358 e. The number of esters is 1. The number of carbonyl (C=O) groups is 2. The van der Waals surface area contributed by atoms with Crippen molar-refractivity contribution >= 4 is 17.6 Å². The molecule has 1 aliphatic heterocycles. The van der Waals surface area contributed by atoms with Crippen LogP contribution in [0.25, 0.3) is 16.9 Å². The van der Waals surface area contributed by atoms with Crippen LogP contribution in [0.4, 0.5) is 10.1 Å². The quantitative estimate of drug-likeness (QED) is 0.341. The second-order valence-corrected chi connectivity index (χ2v) is 9.04. The van der Waals surface area contributed by atoms with Gasteiger partial charge in [0.25, 0.3) is 5.91 Å². The third kappa shape index (κ3) is 5.50. The molecule has 9 heteroatoms. The summed E-state index contributed by atoms with van der Waals surface area (Å²) in [5.74, 6) is -0.991. The number of benzene rings is 3. The molecule has 5 rings (SSSR count). The SMILES string of the molecule is CCOC(=O)c1cc(-c2ccc(N3CCN(C(=O)c4ccc(C#N)cc4)CC3)cc2)n(-c2cccc(F)c2)n1. The molecule has 0 unspecified atom stereocenters. The van der Waals surface area contributed by atoms with Crippen molar-refractivity contribution in [2.45, 2.75) is 6.92 Å². The largest absolute Gasteiger partial charge is 0.461 e. The lowest BCUT2D eigenvalue weighted by molar-refractivity contribution is 0.0518. The molecule has 4 aromatic rings. The Balaban J connectivity index is 1.32. The van der Waals surface area contributed by atoms with Crippen molar-refractivity contribution in [3.8, 4) is 23.0 Å². The van der Waals surface area contributed by atoms with E-state index in [2.05, 4.69) is 16.1 Å². The summed E-state index contributed by atoms with van der Waals surface area (Å²) in [4.78, 5) is 29.3. The van der Waals surface area contributed by atoms with Crippen molar-refractivity contribution in [1.82, 2.24) is 14.7 Å². The Labute approximate surface area is 225 Å². The maximum atomic E-state index is 14.0. The molecule has 1 fully saturated rings. The maximum Gasteiger partial charge on any atom is 0.358 e. The van der Waals surface area contributed by atoms with Crippen LogP contribution in [0.15, 0.2) is 78.9 Å². The number of hydrogen-bond acceptors (Lipinski definition) is 6. The predicted molar refractivity (Wildman–Crippen MR) is 144 cm³/mol. The van der Waals surface area contributed by atoms with E-state index in [1.807, 2.05) is 29.2 Å². The molecule has 2 heterocycles. The summed E-state index contributed by atoms with van der Waals surface area (Å²) < 4.78 is 20.6. The van der Waals surface area contributed by atoms with Crippen LogP contribution in [-0.4, -0.2) is 59.3 Å². The van der Waals surface area contributed by atoms with E-state index < -0.39 is 11.8 Å². The fourth-order valence-electron chi connectivity index (χ4n) is 4.58. The van der Waals surface area contributed by atoms with Crippen LogP contribution in [0.3, 0.4) is 0 Å². The summed E-state index contributed by atoms with van der Waals surface area (Å²) in [5, 5.41) is 13.4. The first-order chi connectivity index (χ1) is 19.0. The van der Waals surface area contributed by atoms with Crippen LogP contribution >= 0.6 is 0 Å². The molecule has 0 N–H and O–H groups in total. The average molecular weight is 524 g/mol. The lowest BCUT2D eigenvalue weighted by atomic mass is 10.1. The van der Waals surface area contributed by atoms with E-state index in [0.717, 1.165) is 11.3 Å². The molecule has 1 aromatic heterocycles. The van der Waals surface area contributed by atoms with Crippen LogP contribution in [0.1, 0.15) is 33.3 Å². The zero-order valence-electron chi connectivity index (χ0n) is 21.4. The molecule has 0 saturated carbocycles. The molecule has 1 saturated heterocycles. The van der Waals surface area contributed by atoms with E-state index in [1.54, 1.807) is 49.4 Å². The van der Waals surface area contributed by atoms with Gasteiger partial charge in [0, 0.05) is 43.0 Å². The third-order valence-corrected chi connectivity index (χ3v) is 6.60. The number of anilines is 1. The number of amides is 1. The van der Waals surface area contributed by atoms with Gasteiger partial charge in [0.15, 0.2) is 5.69 Å². The Hall–Kier alpha value is -4.97. The number of nitrogens with zero attached hydrogens (tertiary/aromatic N) is 5. The topological polar surface area (TPSA) is 91.5 Å². The number of rotatable bonds is 6. The first-order valence-corrected chi connectivity index (χ1v) is 12.6. The Kier molecular flexibility index (Phi) is 7.37. The zero-order chi connectivity index (χ0) is 27.4. The highest BCUT2D eigenvalue weighted by atomic mass is 19.1. The predicted octanol–water partition coefficient (Wildman–Crippen LogP) is 4.69. The highest BCUT2D eigenvalue weighted by Crippen LogP contribution is 2.28. The number of halogens is 1. The average Bonchev–Trinajstić information content (AvgIpc) is 3.43. The molecule has 1 amide bonds. The van der Waals surface area contributed by atoms with Gasteiger partial charge < -0.3 is 14.5 Å². The second kappa shape index (κ2) is 11.2. The first kappa shape index (κ1) is 25.7. The standard InChI is InChI=1S/C30H26FN5O3/c1-2-39-30(38)27-19-28(36(33-27)26-5-3-4-24(31)18-26)22-10-12-25(13-11-22)34-14-16-35(17-15-34)29(37)23-8-6-21(20-32)7-9-23/h3-13,18-19H,2,14-17H2,1H3. The van der Waals surface area contributed by atoms with E-state index in [4.69, 9.17) is 10.00 Å². The number of piperazine rings is 1. The van der Waals surface area contributed by atoms with Crippen LogP contribution in [0, 0.1) is 17.1 Å². The van der Waals surface area contributed by atoms with E-state index in [-0.39, 0.29) is 18.2 Å². The lowest BCUT2D eigenvalue weighted by Crippen LogP contribution is -2.48. The molecule has 8 nitrogen and oxygen atoms in total. The van der Waals surface area contributed by atoms with Gasteiger partial charge in [0.2, 0.25) is 0 Å². The molecular formula is C30H26FN5O3. The fourth-order valence-corrected chi connectivity index (χ4v) is 4.58. The van der Waals surface area contributed by atoms with Gasteiger partial charge in [-0.15, -0.1) is 0 Å². The van der Waals surface area contributed by atoms with Crippen LogP contribution in [0.2, 0.25) is 0 Å². The molecule has 39 heavy (non-hydrogen) atoms. The lowest BCUT2D eigenvalue weighted by Gasteiger charge is -2.36. The van der Waals surface area contributed by atoms with Crippen molar-refractivity contribution in [3.05, 3.63) is 102 Å². The van der Waals surface area contributed by atoms with Gasteiger partial charge in [0.05, 0.1) is 29.6 Å². The maximum absolute atomic E-state index is 14.0. The fraction of sp³-hybridized carbons (Fsp3) is 0.200. The van der Waals surface area contributed by atoms with Crippen LogP contribution in [-0.2, 0) is 4.74 Å². The summed E-state index contributed by atoms with van der Waals surface area (Å²) in [6, 6.07) is 24.3. The van der Waals surface area contributed by atoms with Gasteiger partial charge in [-0.05, 0) is 67.6 Å². The molecule has 0 atom stereocenters. The minimum Gasteiger partial charge on any atom is -0.461 e. The normalized spacial score (nSPS) is 13.2. The van der Waals surface area contributed by atoms with E-state index in [9.17, 15) is 14.0 Å². The van der Waals surface area contributed by atoms with E-state index >= 15 is 0 Å². The third-order valence-electron chi connectivity index (χ3n) is 6.60. The number of aromatic nitrogens is 2. The Bertz CT molecular complexity index is 1530. The number of hydrogen-bond donors (Lipinski definition) is 0. The molecule has 0 spiro atoms. The van der Waals surface area contributed by atoms with Gasteiger partial charge in [-0.25, -0.2) is 13.9 Å². The van der Waals surface area contributed by atoms with E-state index in [1.165, 1.54) is 16.8 Å². The summed E-state index contributed by atoms with van der Waals surface area (Å²) in [6.07, 6.45) is 0. The van der Waals surface area contributed by atoms with Crippen molar-refractivity contribution < 1.29 is 18.7 Å². The number of ether oxygens (including phenoxy) is 1. The van der Waals surface area contributed by atoms with Gasteiger partial charge in [0.1, 0.15) is 5.82 Å². The monoisotopic (exact) mass is 523 g/mol. The number of carbonyl (C=O) groups excluding carboxylic acids is 2. The summed E-state index contributed by atoms with van der Waals surface area (Å²) in [5.41, 5.74) is 4.18. The molecule has 0 aliphatic carbocycles. The van der Waals surface area contributed by atoms with Gasteiger partial charge in [-0.2, -0.15) is 10.4 Å². The van der Waals surface area contributed by atoms with Crippen LogP contribution in [0.5, 0.6) is 0 Å². The minimum absolute atomic E-state index is 0.0440. The van der Waals surface area contributed by atoms with Crippen molar-refractivity contribution in [2.24, 2.45) is 0 Å². The molecular weight excluding hydrogens is 497 g/mol. The Morgan fingerprint density at radius 1 is 0.949 bits per heavy atom. The zero-order valence-corrected chi connectivity index (χ0v) is 21.4. The molecule has 3 aromatic carbocycles. The summed E-state index contributed by atoms with van der Waals surface area (Å²) in [6.45, 7) is 4.46. The van der Waals surface area contributed by atoms with Gasteiger partial charge in [-0.3, -0.25) is 4.79 Å². The summed E-state index contributed by atoms with van der Waals surface area (Å²) in [7, 11) is 0. The molecule has 1 aliphatic rings. The molecule has 0 radical (unpaired) electrons. The van der Waals surface area contributed by atoms with Gasteiger partial charge in [-0.1, -0.05) is 18.2 Å². The molecule has 0 bridgehead atoms. The van der Waals surface area contributed by atoms with Gasteiger partial charge >= 0.3 is 5.97 Å². The highest BCUT2D eigenvalue weighted by Gasteiger charge is 2.23. The minimum atomic E-state index is -0.543. The van der Waals surface area contributed by atoms with E-state index in [0.29, 0.717) is 48.7 Å². The highest BCUT2D eigenvalue weighted by molar-refractivity contribution is 5.94. The van der Waals surface area contributed by atoms with Crippen molar-refractivity contribution in [3.63, 3.8) is 0 Å². The second-order valence-electron chi connectivity index (χ2n) is 9.04. The van der Waals surface area contributed by atoms with Crippen LogP contribution < -0.4 is 4.90 Å².